The van der Waals surface area contributed by atoms with Gasteiger partial charge in [0.15, 0.2) is 5.97 Å². The van der Waals surface area contributed by atoms with Crippen LogP contribution in [0.15, 0.2) is 68.7 Å². The Morgan fingerprint density at radius 2 is 1.71 bits per heavy atom. The summed E-state index contributed by atoms with van der Waals surface area (Å²) in [6.45, 7) is 26.1. The van der Waals surface area contributed by atoms with E-state index in [2.05, 4.69) is 78.6 Å². The van der Waals surface area contributed by atoms with Crippen molar-refractivity contribution in [3.05, 3.63) is 58.7 Å². The Balaban J connectivity index is 5.82. The first-order valence-electron chi connectivity index (χ1n) is 16.7. The SMILES string of the molecule is C=C(N/C(=N/C(CC=CC/N=C(/F)CCC)NCN(CCCN(CCC)CCCC)N(C)C)C(=C)C)/C(=C/C)S/C(N)=C\CC. The number of aliphatic imine (C=N–C) groups is 2. The Morgan fingerprint density at radius 1 is 1.00 bits per heavy atom. The summed E-state index contributed by atoms with van der Waals surface area (Å²) in [7, 11) is 4.15. The predicted octanol–water partition coefficient (Wildman–Crippen LogP) is 7.58. The van der Waals surface area contributed by atoms with Crippen LogP contribution in [0.4, 0.5) is 4.39 Å². The van der Waals surface area contributed by atoms with Crippen LogP contribution in [0.1, 0.15) is 92.9 Å². The van der Waals surface area contributed by atoms with Crippen molar-refractivity contribution in [2.24, 2.45) is 15.7 Å². The minimum absolute atomic E-state index is 0.256. The second-order valence-electron chi connectivity index (χ2n) is 11.3. The fourth-order valence-corrected chi connectivity index (χ4v) is 5.13. The molecule has 258 valence electrons. The highest BCUT2D eigenvalue weighted by Gasteiger charge is 2.15. The number of hydrogen-bond acceptors (Lipinski definition) is 8. The molecular weight excluding hydrogens is 584 g/mol. The van der Waals surface area contributed by atoms with Gasteiger partial charge in [-0.15, -0.1) is 0 Å². The molecule has 0 aliphatic heterocycles. The molecule has 0 saturated carbocycles. The van der Waals surface area contributed by atoms with Gasteiger partial charge in [0.2, 0.25) is 0 Å². The summed E-state index contributed by atoms with van der Waals surface area (Å²) in [5.74, 6) is 0.349. The normalized spacial score (nSPS) is 14.3. The van der Waals surface area contributed by atoms with E-state index in [1.54, 1.807) is 0 Å². The number of amidine groups is 1. The molecule has 0 radical (unpaired) electrons. The van der Waals surface area contributed by atoms with Crippen LogP contribution in [0, 0.1) is 0 Å². The zero-order chi connectivity index (χ0) is 34.0. The van der Waals surface area contributed by atoms with Crippen LogP contribution in [0.3, 0.4) is 0 Å². The first kappa shape index (κ1) is 42.8. The minimum Gasteiger partial charge on any atom is -0.394 e. The lowest BCUT2D eigenvalue weighted by atomic mass is 10.2. The summed E-state index contributed by atoms with van der Waals surface area (Å²) in [5, 5.41) is 12.2. The number of thioether (sulfide) groups is 1. The Bertz CT molecular complexity index is 986. The molecule has 4 N–H and O–H groups in total. The van der Waals surface area contributed by atoms with Crippen LogP contribution < -0.4 is 16.4 Å². The van der Waals surface area contributed by atoms with E-state index in [4.69, 9.17) is 10.7 Å². The lowest BCUT2D eigenvalue weighted by Gasteiger charge is -2.31. The molecule has 0 rings (SSSR count). The van der Waals surface area contributed by atoms with Gasteiger partial charge in [-0.2, -0.15) is 4.39 Å². The van der Waals surface area contributed by atoms with Crippen molar-refractivity contribution >= 4 is 23.6 Å². The number of hydrazine groups is 1. The van der Waals surface area contributed by atoms with Gasteiger partial charge in [0.1, 0.15) is 12.0 Å². The van der Waals surface area contributed by atoms with E-state index < -0.39 is 0 Å². The van der Waals surface area contributed by atoms with Gasteiger partial charge in [0.25, 0.3) is 0 Å². The Kier molecular flexibility index (Phi) is 25.6. The first-order chi connectivity index (χ1) is 21.5. The van der Waals surface area contributed by atoms with Gasteiger partial charge in [0, 0.05) is 44.1 Å². The largest absolute Gasteiger partial charge is 0.394 e. The van der Waals surface area contributed by atoms with E-state index in [-0.39, 0.29) is 12.1 Å². The third kappa shape index (κ3) is 21.2. The molecule has 8 nitrogen and oxygen atoms in total. The summed E-state index contributed by atoms with van der Waals surface area (Å²) >= 11 is 1.48. The van der Waals surface area contributed by atoms with Crippen LogP contribution in [-0.4, -0.2) is 86.4 Å². The van der Waals surface area contributed by atoms with Gasteiger partial charge in [-0.3, -0.25) is 10.3 Å². The summed E-state index contributed by atoms with van der Waals surface area (Å²) in [6, 6.07) is 0. The van der Waals surface area contributed by atoms with Crippen molar-refractivity contribution in [2.75, 3.05) is 53.5 Å². The molecule has 1 unspecified atom stereocenters. The highest BCUT2D eigenvalue weighted by molar-refractivity contribution is 8.06. The van der Waals surface area contributed by atoms with Crippen LogP contribution in [-0.2, 0) is 0 Å². The monoisotopic (exact) mass is 649 g/mol. The highest BCUT2D eigenvalue weighted by atomic mass is 32.2. The molecule has 0 fully saturated rings. The van der Waals surface area contributed by atoms with Crippen molar-refractivity contribution < 1.29 is 4.39 Å². The first-order valence-corrected chi connectivity index (χ1v) is 17.6. The molecule has 0 aliphatic carbocycles. The lowest BCUT2D eigenvalue weighted by Crippen LogP contribution is -2.47. The van der Waals surface area contributed by atoms with Crippen LogP contribution in [0.25, 0.3) is 0 Å². The number of allylic oxidation sites excluding steroid dienone is 2. The van der Waals surface area contributed by atoms with Crippen molar-refractivity contribution in [1.82, 2.24) is 25.6 Å². The zero-order valence-corrected chi connectivity index (χ0v) is 30.6. The molecule has 0 aliphatic rings. The molecule has 0 bridgehead atoms. The maximum absolute atomic E-state index is 13.8. The maximum atomic E-state index is 13.8. The lowest BCUT2D eigenvalue weighted by molar-refractivity contribution is 0.0103. The van der Waals surface area contributed by atoms with Crippen LogP contribution in [0.5, 0.6) is 0 Å². The summed E-state index contributed by atoms with van der Waals surface area (Å²) < 4.78 is 13.8. The summed E-state index contributed by atoms with van der Waals surface area (Å²) in [6.07, 6.45) is 14.9. The van der Waals surface area contributed by atoms with Gasteiger partial charge < -0.3 is 16.0 Å². The van der Waals surface area contributed by atoms with E-state index in [0.29, 0.717) is 37.6 Å². The molecule has 1 atom stereocenters. The van der Waals surface area contributed by atoms with Crippen molar-refractivity contribution in [1.29, 1.82) is 0 Å². The number of nitrogens with two attached hydrogens (primary N) is 1. The fraction of sp³-hybridized carbons (Fsp3) is 0.657. The number of unbranched alkanes of at least 4 members (excludes halogenated alkanes) is 1. The molecule has 0 aromatic carbocycles. The summed E-state index contributed by atoms with van der Waals surface area (Å²) in [4.78, 5) is 12.6. The number of nitrogens with zero attached hydrogens (tertiary/aromatic N) is 5. The molecular formula is C35H65FN8S. The molecule has 0 amide bonds. The standard InChI is InChI=1S/C35H65FN8S/c1-11-16-25-43(24-14-4)26-19-27-44(42(9)10)28-39-34(22-17-18-23-38-32(36)20-12-2)41-35(29(6)7)40-30(8)31(15-5)45-33(37)21-13-3/h15,17-18,21,34,39H,6,8,11-14,16,19-20,22-28,37H2,1-5,7,9-10H3,(H,40,41)/b18-17?,31-15-,33-21-,38-32+. The Labute approximate surface area is 279 Å². The number of rotatable bonds is 26. The molecule has 0 heterocycles. The Morgan fingerprint density at radius 3 is 2.29 bits per heavy atom. The van der Waals surface area contributed by atoms with Gasteiger partial charge in [-0.25, -0.2) is 15.0 Å². The van der Waals surface area contributed by atoms with Crippen molar-refractivity contribution in [2.45, 2.75) is 99.1 Å². The van der Waals surface area contributed by atoms with Gasteiger partial charge in [-0.05, 0) is 71.2 Å². The third-order valence-electron chi connectivity index (χ3n) is 6.84. The van der Waals surface area contributed by atoms with E-state index in [1.807, 2.05) is 45.1 Å². The van der Waals surface area contributed by atoms with E-state index in [0.717, 1.165) is 60.9 Å². The minimum atomic E-state index is -0.303. The topological polar surface area (TPSA) is 84.5 Å². The van der Waals surface area contributed by atoms with E-state index in [9.17, 15) is 4.39 Å². The molecule has 0 aromatic rings. The quantitative estimate of drug-likeness (QED) is 0.0223. The zero-order valence-electron chi connectivity index (χ0n) is 29.8. The van der Waals surface area contributed by atoms with E-state index >= 15 is 0 Å². The second kappa shape index (κ2) is 26.9. The van der Waals surface area contributed by atoms with E-state index in [1.165, 1.54) is 31.0 Å². The summed E-state index contributed by atoms with van der Waals surface area (Å²) in [5.41, 5.74) is 7.67. The number of halogens is 1. The molecule has 0 spiro atoms. The molecule has 0 saturated heterocycles. The van der Waals surface area contributed by atoms with Crippen molar-refractivity contribution in [3.63, 3.8) is 0 Å². The van der Waals surface area contributed by atoms with Crippen LogP contribution in [0.2, 0.25) is 0 Å². The average Bonchev–Trinajstić information content (AvgIpc) is 2.99. The number of nitrogens with one attached hydrogen (secondary N) is 2. The smallest absolute Gasteiger partial charge is 0.184 e. The predicted molar refractivity (Wildman–Crippen MR) is 199 cm³/mol. The highest BCUT2D eigenvalue weighted by Crippen LogP contribution is 2.26. The maximum Gasteiger partial charge on any atom is 0.184 e. The number of hydrogen-bond donors (Lipinski definition) is 3. The molecule has 10 heteroatoms. The van der Waals surface area contributed by atoms with Crippen molar-refractivity contribution in [3.8, 4) is 0 Å². The van der Waals surface area contributed by atoms with Gasteiger partial charge >= 0.3 is 0 Å². The van der Waals surface area contributed by atoms with Crippen LogP contribution >= 0.6 is 11.8 Å². The molecule has 0 aromatic heterocycles. The molecule has 45 heavy (non-hydrogen) atoms. The fourth-order valence-electron chi connectivity index (χ4n) is 4.33. The Hall–Kier alpha value is -2.24. The average molecular weight is 649 g/mol. The second-order valence-corrected chi connectivity index (χ2v) is 12.4. The third-order valence-corrected chi connectivity index (χ3v) is 7.94. The van der Waals surface area contributed by atoms with Gasteiger partial charge in [-0.1, -0.05) is 83.3 Å². The van der Waals surface area contributed by atoms with Gasteiger partial charge in [0.05, 0.1) is 18.2 Å².